The molecule has 1 amide bonds. The Kier molecular flexibility index (Phi) is 8.79. The predicted molar refractivity (Wildman–Crippen MR) is 163 cm³/mol. The first-order valence-electron chi connectivity index (χ1n) is 13.6. The largest absolute Gasteiger partial charge is 0.493 e. The van der Waals surface area contributed by atoms with Crippen molar-refractivity contribution in [1.29, 1.82) is 5.26 Å². The second-order valence-corrected chi connectivity index (χ2v) is 13.1. The molecule has 0 saturated carbocycles. The molecule has 1 unspecified atom stereocenters. The summed E-state index contributed by atoms with van der Waals surface area (Å²) in [5, 5.41) is 22.1. The van der Waals surface area contributed by atoms with Crippen LogP contribution in [0.1, 0.15) is 43.9 Å². The number of Topliss-reactive ketones (excluding diaryl/α,β-unsaturated/α-hetero) is 1. The molecule has 1 aliphatic carbocycles. The number of anilines is 1. The molecule has 1 atom stereocenters. The number of carbonyl (C=O) groups excluding carboxylic acids is 2. The van der Waals surface area contributed by atoms with Gasteiger partial charge in [0.25, 0.3) is 0 Å². The number of nitrogens with zero attached hydrogens (tertiary/aromatic N) is 4. The molecule has 224 valence electrons. The van der Waals surface area contributed by atoms with Gasteiger partial charge in [0.15, 0.2) is 21.6 Å². The number of nitrogens with one attached hydrogen (secondary N) is 1. The van der Waals surface area contributed by atoms with Gasteiger partial charge >= 0.3 is 0 Å². The lowest BCUT2D eigenvalue weighted by Crippen LogP contribution is -2.42. The topological polar surface area (TPSA) is 157 Å². The Bertz CT molecular complexity index is 1640. The number of ether oxygens (including phenoxy) is 2. The van der Waals surface area contributed by atoms with Gasteiger partial charge in [0.1, 0.15) is 11.6 Å². The summed E-state index contributed by atoms with van der Waals surface area (Å²) < 4.78 is 16.8. The van der Waals surface area contributed by atoms with E-state index in [2.05, 4.69) is 21.6 Å². The van der Waals surface area contributed by atoms with E-state index >= 15 is 0 Å². The lowest BCUT2D eigenvalue weighted by molar-refractivity contribution is -0.119. The van der Waals surface area contributed by atoms with E-state index in [1.54, 1.807) is 31.3 Å². The van der Waals surface area contributed by atoms with Crippen LogP contribution in [0, 0.1) is 16.7 Å². The van der Waals surface area contributed by atoms with Gasteiger partial charge in [-0.05, 0) is 48.1 Å². The van der Waals surface area contributed by atoms with Gasteiger partial charge in [-0.15, -0.1) is 10.2 Å². The van der Waals surface area contributed by atoms with Gasteiger partial charge in [0.05, 0.1) is 43.8 Å². The van der Waals surface area contributed by atoms with Gasteiger partial charge in [-0.1, -0.05) is 43.0 Å². The van der Waals surface area contributed by atoms with E-state index in [4.69, 9.17) is 19.6 Å². The summed E-state index contributed by atoms with van der Waals surface area (Å²) in [6, 6.07) is 11.3. The fourth-order valence-corrected chi connectivity index (χ4v) is 7.09. The van der Waals surface area contributed by atoms with Crippen molar-refractivity contribution in [2.24, 2.45) is 11.1 Å². The van der Waals surface area contributed by atoms with Crippen LogP contribution in [0.2, 0.25) is 0 Å². The van der Waals surface area contributed by atoms with Crippen LogP contribution in [0.15, 0.2) is 68.0 Å². The molecule has 1 aromatic carbocycles. The number of rotatable bonds is 10. The highest BCUT2D eigenvalue weighted by atomic mass is 32.2. The first-order chi connectivity index (χ1) is 20.7. The second kappa shape index (κ2) is 12.5. The van der Waals surface area contributed by atoms with Gasteiger partial charge in [-0.2, -0.15) is 5.26 Å². The SMILES string of the molecule is COc1ccc(CCNC(=O)CSc2nnc(N3C(N)=C(C#N)C(c4ccco4)C4=C3CC(C)(C)CC4=O)s2)cc1OC. The molecule has 0 radical (unpaired) electrons. The van der Waals surface area contributed by atoms with Crippen LogP contribution >= 0.6 is 23.1 Å². The number of carbonyl (C=O) groups is 2. The van der Waals surface area contributed by atoms with E-state index in [1.807, 2.05) is 32.0 Å². The third kappa shape index (κ3) is 6.25. The van der Waals surface area contributed by atoms with E-state index < -0.39 is 5.92 Å². The van der Waals surface area contributed by atoms with Crippen LogP contribution in [-0.4, -0.2) is 48.4 Å². The molecule has 0 saturated heterocycles. The molecule has 3 heterocycles. The zero-order chi connectivity index (χ0) is 30.7. The molecule has 3 aromatic rings. The summed E-state index contributed by atoms with van der Waals surface area (Å²) in [5.74, 6) is 1.24. The minimum atomic E-state index is -0.681. The number of thioether (sulfide) groups is 1. The molecule has 2 aliphatic rings. The Morgan fingerprint density at radius 3 is 2.74 bits per heavy atom. The third-order valence-electron chi connectivity index (χ3n) is 7.31. The van der Waals surface area contributed by atoms with Crippen molar-refractivity contribution in [2.45, 2.75) is 43.4 Å². The number of aromatic nitrogens is 2. The zero-order valence-corrected chi connectivity index (χ0v) is 25.9. The number of benzene rings is 1. The quantitative estimate of drug-likeness (QED) is 0.307. The highest BCUT2D eigenvalue weighted by Gasteiger charge is 2.46. The first kappa shape index (κ1) is 30.2. The third-order valence-corrected chi connectivity index (χ3v) is 9.35. The zero-order valence-electron chi connectivity index (χ0n) is 24.3. The molecule has 11 nitrogen and oxygen atoms in total. The average molecular weight is 621 g/mol. The number of hydrogen-bond donors (Lipinski definition) is 2. The van der Waals surface area contributed by atoms with Crippen molar-refractivity contribution in [2.75, 3.05) is 31.4 Å². The van der Waals surface area contributed by atoms with Gasteiger partial charge in [-0.25, -0.2) is 0 Å². The summed E-state index contributed by atoms with van der Waals surface area (Å²) in [4.78, 5) is 27.8. The van der Waals surface area contributed by atoms with Crippen molar-refractivity contribution in [3.8, 4) is 17.6 Å². The van der Waals surface area contributed by atoms with E-state index in [-0.39, 0.29) is 34.3 Å². The summed E-state index contributed by atoms with van der Waals surface area (Å²) >= 11 is 2.51. The summed E-state index contributed by atoms with van der Waals surface area (Å²) in [6.45, 7) is 4.51. The second-order valence-electron chi connectivity index (χ2n) is 10.9. The lowest BCUT2D eigenvalue weighted by atomic mass is 9.69. The van der Waals surface area contributed by atoms with Gasteiger partial charge in [0.2, 0.25) is 11.0 Å². The van der Waals surface area contributed by atoms with Crippen LogP contribution < -0.4 is 25.4 Å². The van der Waals surface area contributed by atoms with Gasteiger partial charge < -0.3 is 24.9 Å². The Balaban J connectivity index is 1.29. The Morgan fingerprint density at radius 1 is 1.26 bits per heavy atom. The number of nitrogens with two attached hydrogens (primary N) is 1. The molecule has 0 fully saturated rings. The number of hydrogen-bond acceptors (Lipinski definition) is 12. The molecule has 5 rings (SSSR count). The van der Waals surface area contributed by atoms with E-state index in [9.17, 15) is 14.9 Å². The van der Waals surface area contributed by atoms with E-state index in [0.29, 0.717) is 63.8 Å². The molecular formula is C30H32N6O5S2. The number of allylic oxidation sites excluding steroid dienone is 3. The molecule has 0 spiro atoms. The molecule has 1 aliphatic heterocycles. The van der Waals surface area contributed by atoms with Crippen LogP contribution in [0.4, 0.5) is 5.13 Å². The van der Waals surface area contributed by atoms with Crippen LogP contribution in [0.3, 0.4) is 0 Å². The maximum absolute atomic E-state index is 13.5. The van der Waals surface area contributed by atoms with Crippen molar-refractivity contribution in [1.82, 2.24) is 15.5 Å². The van der Waals surface area contributed by atoms with Crippen molar-refractivity contribution in [3.05, 3.63) is 70.6 Å². The summed E-state index contributed by atoms with van der Waals surface area (Å²) in [7, 11) is 3.17. The molecule has 13 heteroatoms. The average Bonchev–Trinajstić information content (AvgIpc) is 3.67. The molecule has 43 heavy (non-hydrogen) atoms. The van der Waals surface area contributed by atoms with Gasteiger partial charge in [-0.3, -0.25) is 14.5 Å². The fraction of sp³-hybridized carbons (Fsp3) is 0.367. The lowest BCUT2D eigenvalue weighted by Gasteiger charge is -2.42. The highest BCUT2D eigenvalue weighted by molar-refractivity contribution is 8.01. The fourth-order valence-electron chi connectivity index (χ4n) is 5.38. The Labute approximate surface area is 257 Å². The Morgan fingerprint density at radius 2 is 2.05 bits per heavy atom. The van der Waals surface area contributed by atoms with E-state index in [0.717, 1.165) is 5.56 Å². The molecule has 2 aromatic heterocycles. The van der Waals surface area contributed by atoms with Crippen LogP contribution in [0.5, 0.6) is 11.5 Å². The minimum absolute atomic E-state index is 0.0539. The highest BCUT2D eigenvalue weighted by Crippen LogP contribution is 2.50. The Hall–Kier alpha value is -4.28. The number of methoxy groups -OCH3 is 2. The first-order valence-corrected chi connectivity index (χ1v) is 15.4. The number of furan rings is 1. The van der Waals surface area contributed by atoms with Crippen LogP contribution in [-0.2, 0) is 16.0 Å². The van der Waals surface area contributed by atoms with E-state index in [1.165, 1.54) is 29.4 Å². The smallest absolute Gasteiger partial charge is 0.230 e. The number of ketones is 1. The normalized spacial score (nSPS) is 17.9. The number of amides is 1. The van der Waals surface area contributed by atoms with Crippen molar-refractivity contribution in [3.63, 3.8) is 0 Å². The van der Waals surface area contributed by atoms with Gasteiger partial charge in [0, 0.05) is 24.2 Å². The molecule has 3 N–H and O–H groups in total. The van der Waals surface area contributed by atoms with Crippen molar-refractivity contribution >= 4 is 39.9 Å². The predicted octanol–water partition coefficient (Wildman–Crippen LogP) is 4.54. The summed E-state index contributed by atoms with van der Waals surface area (Å²) in [6.07, 6.45) is 3.04. The molecule has 0 bridgehead atoms. The van der Waals surface area contributed by atoms with Crippen LogP contribution in [0.25, 0.3) is 0 Å². The maximum Gasteiger partial charge on any atom is 0.230 e. The number of nitriles is 1. The minimum Gasteiger partial charge on any atom is -0.493 e. The van der Waals surface area contributed by atoms with Crippen molar-refractivity contribution < 1.29 is 23.5 Å². The summed E-state index contributed by atoms with van der Waals surface area (Å²) in [5.41, 5.74) is 8.73. The maximum atomic E-state index is 13.5. The molecular weight excluding hydrogens is 589 g/mol. The standard InChI is InChI=1S/C30H32N6O5S2/c1-30(2)13-19-26(20(37)14-30)25(22-6-5-11-41-22)18(15-31)27(32)36(19)28-34-35-29(43-28)42-16-24(38)33-10-9-17-7-8-21(39-3)23(12-17)40-4/h5-8,11-12,25H,9-10,13-14,16,32H2,1-4H3,(H,33,38). The monoisotopic (exact) mass is 620 g/mol.